The summed E-state index contributed by atoms with van der Waals surface area (Å²) in [7, 11) is 0. The molecule has 2 aromatic rings. The number of hydrogen-bond acceptors (Lipinski definition) is 6. The van der Waals surface area contributed by atoms with Crippen LogP contribution >= 0.6 is 0 Å². The van der Waals surface area contributed by atoms with E-state index in [4.69, 9.17) is 4.74 Å². The quantitative estimate of drug-likeness (QED) is 0.568. The van der Waals surface area contributed by atoms with E-state index in [0.717, 1.165) is 31.2 Å². The average molecular weight is 518 g/mol. The SMILES string of the molecule is C[C@@H]1OCCN(C#N)[C@H]1C(=O)N(c1ccc(C(C)(C)C)cc1)C(C(=O)NC1CCCCC1)c1cccnc1. The van der Waals surface area contributed by atoms with Crippen LogP contribution in [0.5, 0.6) is 0 Å². The fourth-order valence-electron chi connectivity index (χ4n) is 5.42. The van der Waals surface area contributed by atoms with E-state index in [9.17, 15) is 14.9 Å². The van der Waals surface area contributed by atoms with Gasteiger partial charge in [-0.05, 0) is 48.9 Å². The molecule has 202 valence electrons. The molecule has 0 radical (unpaired) electrons. The summed E-state index contributed by atoms with van der Waals surface area (Å²) in [5.41, 5.74) is 2.25. The predicted octanol–water partition coefficient (Wildman–Crippen LogP) is 4.47. The fraction of sp³-hybridized carbons (Fsp3) is 0.533. The molecule has 1 saturated heterocycles. The summed E-state index contributed by atoms with van der Waals surface area (Å²) < 4.78 is 5.81. The number of morpholine rings is 1. The van der Waals surface area contributed by atoms with Crippen LogP contribution in [0.2, 0.25) is 0 Å². The Morgan fingerprint density at radius 2 is 1.87 bits per heavy atom. The largest absolute Gasteiger partial charge is 0.374 e. The van der Waals surface area contributed by atoms with Crippen LogP contribution in [-0.2, 0) is 19.7 Å². The van der Waals surface area contributed by atoms with Crippen molar-refractivity contribution in [1.82, 2.24) is 15.2 Å². The highest BCUT2D eigenvalue weighted by atomic mass is 16.5. The molecule has 1 aromatic heterocycles. The average Bonchev–Trinajstić information content (AvgIpc) is 2.91. The van der Waals surface area contributed by atoms with Crippen LogP contribution in [0.4, 0.5) is 5.69 Å². The number of hydrogen-bond donors (Lipinski definition) is 1. The topological polar surface area (TPSA) is 98.6 Å². The zero-order chi connectivity index (χ0) is 27.3. The van der Waals surface area contributed by atoms with Crippen LogP contribution in [0.25, 0.3) is 0 Å². The highest BCUT2D eigenvalue weighted by Crippen LogP contribution is 2.33. The van der Waals surface area contributed by atoms with Gasteiger partial charge in [0.25, 0.3) is 5.91 Å². The van der Waals surface area contributed by atoms with Crippen molar-refractivity contribution >= 4 is 17.5 Å². The van der Waals surface area contributed by atoms with Gasteiger partial charge in [-0.15, -0.1) is 0 Å². The number of ether oxygens (including phenoxy) is 1. The number of amides is 2. The lowest BCUT2D eigenvalue weighted by Crippen LogP contribution is -2.59. The molecule has 1 saturated carbocycles. The van der Waals surface area contributed by atoms with Gasteiger partial charge in [-0.2, -0.15) is 5.26 Å². The van der Waals surface area contributed by atoms with Crippen molar-refractivity contribution in [2.24, 2.45) is 0 Å². The molecule has 1 N–H and O–H groups in total. The number of nitrogens with one attached hydrogen (secondary N) is 1. The molecular formula is C30H39N5O3. The van der Waals surface area contributed by atoms with Crippen LogP contribution in [0.1, 0.15) is 77.0 Å². The van der Waals surface area contributed by atoms with Gasteiger partial charge in [-0.25, -0.2) is 0 Å². The van der Waals surface area contributed by atoms with Crippen molar-refractivity contribution < 1.29 is 14.3 Å². The molecule has 0 bridgehead atoms. The highest BCUT2D eigenvalue weighted by Gasteiger charge is 2.43. The fourth-order valence-corrected chi connectivity index (χ4v) is 5.42. The zero-order valence-electron chi connectivity index (χ0n) is 22.9. The molecule has 1 unspecified atom stereocenters. The Hall–Kier alpha value is -3.44. The van der Waals surface area contributed by atoms with Gasteiger partial charge in [0, 0.05) is 29.7 Å². The predicted molar refractivity (Wildman–Crippen MR) is 146 cm³/mol. The van der Waals surface area contributed by atoms with Crippen LogP contribution in [0, 0.1) is 11.5 Å². The van der Waals surface area contributed by atoms with E-state index in [-0.39, 0.29) is 23.3 Å². The van der Waals surface area contributed by atoms with E-state index in [2.05, 4.69) is 37.3 Å². The standard InChI is InChI=1S/C30H39N5O3/c1-21-26(34(20-31)17-18-38-21)29(37)35(25-14-12-23(13-15-25)30(2,3)4)27(22-9-8-16-32-19-22)28(36)33-24-10-6-5-7-11-24/h8-9,12-16,19,21,24,26-27H,5-7,10-11,17-18H2,1-4H3,(H,33,36)/t21-,26+,27?/m0/s1. The molecule has 4 rings (SSSR count). The maximum Gasteiger partial charge on any atom is 0.254 e. The van der Waals surface area contributed by atoms with Crippen LogP contribution in [0.15, 0.2) is 48.8 Å². The Balaban J connectivity index is 1.81. The molecule has 1 aromatic carbocycles. The summed E-state index contributed by atoms with van der Waals surface area (Å²) in [4.78, 5) is 35.7. The van der Waals surface area contributed by atoms with Gasteiger partial charge in [0.1, 0.15) is 12.1 Å². The Labute approximate surface area is 226 Å². The van der Waals surface area contributed by atoms with Gasteiger partial charge in [-0.3, -0.25) is 24.4 Å². The Morgan fingerprint density at radius 3 is 2.47 bits per heavy atom. The number of anilines is 1. The molecule has 38 heavy (non-hydrogen) atoms. The number of aromatic nitrogens is 1. The molecule has 3 atom stereocenters. The maximum atomic E-state index is 14.4. The number of nitriles is 1. The molecule has 8 heteroatoms. The van der Waals surface area contributed by atoms with Crippen LogP contribution in [0.3, 0.4) is 0 Å². The second-order valence-electron chi connectivity index (χ2n) is 11.4. The lowest BCUT2D eigenvalue weighted by atomic mass is 9.87. The Morgan fingerprint density at radius 1 is 1.16 bits per heavy atom. The first-order valence-corrected chi connectivity index (χ1v) is 13.6. The lowest BCUT2D eigenvalue weighted by molar-refractivity contribution is -0.135. The molecule has 2 heterocycles. The molecule has 1 aliphatic heterocycles. The second kappa shape index (κ2) is 12.0. The molecule has 8 nitrogen and oxygen atoms in total. The van der Waals surface area contributed by atoms with Crippen LogP contribution in [-0.4, -0.2) is 53.0 Å². The second-order valence-corrected chi connectivity index (χ2v) is 11.4. The van der Waals surface area contributed by atoms with Crippen molar-refractivity contribution in [3.8, 4) is 6.19 Å². The number of carbonyl (C=O) groups is 2. The summed E-state index contributed by atoms with van der Waals surface area (Å²) >= 11 is 0. The van der Waals surface area contributed by atoms with E-state index in [1.54, 1.807) is 30.3 Å². The summed E-state index contributed by atoms with van der Waals surface area (Å²) in [6, 6.07) is 9.64. The first-order valence-electron chi connectivity index (χ1n) is 13.6. The summed E-state index contributed by atoms with van der Waals surface area (Å²) in [6.07, 6.45) is 10.1. The number of carbonyl (C=O) groups excluding carboxylic acids is 2. The zero-order valence-corrected chi connectivity index (χ0v) is 22.9. The summed E-state index contributed by atoms with van der Waals surface area (Å²) in [5.74, 6) is -0.596. The minimum absolute atomic E-state index is 0.0716. The Bertz CT molecular complexity index is 1130. The van der Waals surface area contributed by atoms with Crippen molar-refractivity contribution in [2.75, 3.05) is 18.1 Å². The first-order chi connectivity index (χ1) is 18.2. The molecule has 2 aliphatic rings. The Kier molecular flexibility index (Phi) is 8.68. The van der Waals surface area contributed by atoms with Crippen molar-refractivity contribution in [2.45, 2.75) is 89.4 Å². The van der Waals surface area contributed by atoms with Crippen molar-refractivity contribution in [1.29, 1.82) is 5.26 Å². The minimum atomic E-state index is -0.951. The van der Waals surface area contributed by atoms with Crippen molar-refractivity contribution in [3.05, 3.63) is 59.9 Å². The number of nitrogens with zero attached hydrogens (tertiary/aromatic N) is 4. The summed E-state index contributed by atoms with van der Waals surface area (Å²) in [6.45, 7) is 8.88. The maximum absolute atomic E-state index is 14.4. The van der Waals surface area contributed by atoms with Crippen LogP contribution < -0.4 is 10.2 Å². The van der Waals surface area contributed by atoms with Gasteiger partial charge in [0.15, 0.2) is 6.19 Å². The minimum Gasteiger partial charge on any atom is -0.374 e. The molecule has 2 fully saturated rings. The number of pyridine rings is 1. The third-order valence-electron chi connectivity index (χ3n) is 7.58. The normalized spacial score (nSPS) is 21.3. The number of rotatable bonds is 6. The van der Waals surface area contributed by atoms with E-state index in [0.29, 0.717) is 24.4 Å². The molecule has 2 amide bonds. The molecule has 0 spiro atoms. The molecular weight excluding hydrogens is 478 g/mol. The monoisotopic (exact) mass is 517 g/mol. The van der Waals surface area contributed by atoms with Gasteiger partial charge in [0.05, 0.1) is 19.3 Å². The van der Waals surface area contributed by atoms with Crippen molar-refractivity contribution in [3.63, 3.8) is 0 Å². The number of benzene rings is 1. The third kappa shape index (κ3) is 6.16. The smallest absolute Gasteiger partial charge is 0.254 e. The van der Waals surface area contributed by atoms with E-state index in [1.807, 2.05) is 30.3 Å². The van der Waals surface area contributed by atoms with E-state index in [1.165, 1.54) is 11.3 Å². The highest BCUT2D eigenvalue weighted by molar-refractivity contribution is 6.04. The third-order valence-corrected chi connectivity index (χ3v) is 7.58. The van der Waals surface area contributed by atoms with Gasteiger partial charge in [0.2, 0.25) is 5.91 Å². The van der Waals surface area contributed by atoms with E-state index >= 15 is 0 Å². The van der Waals surface area contributed by atoms with Gasteiger partial charge >= 0.3 is 0 Å². The van der Waals surface area contributed by atoms with Gasteiger partial charge < -0.3 is 10.1 Å². The molecule has 1 aliphatic carbocycles. The van der Waals surface area contributed by atoms with E-state index < -0.39 is 18.2 Å². The van der Waals surface area contributed by atoms with Gasteiger partial charge in [-0.1, -0.05) is 58.2 Å². The lowest BCUT2D eigenvalue weighted by Gasteiger charge is -2.41. The summed E-state index contributed by atoms with van der Waals surface area (Å²) in [5, 5.41) is 13.1. The first kappa shape index (κ1) is 27.6.